The Morgan fingerprint density at radius 1 is 1.40 bits per heavy atom. The average molecular weight is 292 g/mol. The molecule has 0 atom stereocenters. The SMILES string of the molecule is CCCCS(=O)(=O)Nc1cccc(Br)c1. The molecule has 0 aliphatic rings. The Balaban J connectivity index is 2.69. The lowest BCUT2D eigenvalue weighted by Gasteiger charge is -2.07. The summed E-state index contributed by atoms with van der Waals surface area (Å²) < 4.78 is 26.5. The molecule has 0 aliphatic carbocycles. The summed E-state index contributed by atoms with van der Waals surface area (Å²) in [5, 5.41) is 0. The van der Waals surface area contributed by atoms with Gasteiger partial charge in [0.2, 0.25) is 10.0 Å². The predicted molar refractivity (Wildman–Crippen MR) is 66.5 cm³/mol. The van der Waals surface area contributed by atoms with Gasteiger partial charge in [0.25, 0.3) is 0 Å². The van der Waals surface area contributed by atoms with Crippen LogP contribution in [0.25, 0.3) is 0 Å². The number of anilines is 1. The molecular weight excluding hydrogens is 278 g/mol. The summed E-state index contributed by atoms with van der Waals surface area (Å²) in [5.41, 5.74) is 0.598. The fourth-order valence-corrected chi connectivity index (χ4v) is 2.77. The van der Waals surface area contributed by atoms with Gasteiger partial charge in [0.05, 0.1) is 5.75 Å². The third-order valence-corrected chi connectivity index (χ3v) is 3.73. The second kappa shape index (κ2) is 5.51. The van der Waals surface area contributed by atoms with E-state index in [9.17, 15) is 8.42 Å². The zero-order valence-electron chi connectivity index (χ0n) is 8.53. The van der Waals surface area contributed by atoms with E-state index in [0.717, 1.165) is 10.9 Å². The summed E-state index contributed by atoms with van der Waals surface area (Å²) in [4.78, 5) is 0. The normalized spacial score (nSPS) is 11.3. The fourth-order valence-electron chi connectivity index (χ4n) is 1.12. The van der Waals surface area contributed by atoms with Crippen molar-refractivity contribution >= 4 is 31.6 Å². The van der Waals surface area contributed by atoms with Gasteiger partial charge < -0.3 is 0 Å². The molecule has 0 bridgehead atoms. The van der Waals surface area contributed by atoms with Gasteiger partial charge in [-0.1, -0.05) is 35.3 Å². The maximum absolute atomic E-state index is 11.5. The molecule has 0 amide bonds. The van der Waals surface area contributed by atoms with E-state index in [4.69, 9.17) is 0 Å². The first kappa shape index (κ1) is 12.5. The third-order valence-electron chi connectivity index (χ3n) is 1.86. The molecule has 0 radical (unpaired) electrons. The van der Waals surface area contributed by atoms with E-state index in [2.05, 4.69) is 20.7 Å². The number of hydrogen-bond acceptors (Lipinski definition) is 2. The van der Waals surface area contributed by atoms with Crippen molar-refractivity contribution in [3.05, 3.63) is 28.7 Å². The van der Waals surface area contributed by atoms with Crippen LogP contribution in [0.4, 0.5) is 5.69 Å². The number of sulfonamides is 1. The van der Waals surface area contributed by atoms with Crippen LogP contribution in [0.5, 0.6) is 0 Å². The smallest absolute Gasteiger partial charge is 0.232 e. The standard InChI is InChI=1S/C10H14BrNO2S/c1-2-3-7-15(13,14)12-10-6-4-5-9(11)8-10/h4-6,8,12H,2-3,7H2,1H3. The molecule has 0 heterocycles. The number of hydrogen-bond donors (Lipinski definition) is 1. The molecule has 1 aromatic rings. The molecule has 84 valence electrons. The molecule has 0 fully saturated rings. The first-order valence-electron chi connectivity index (χ1n) is 4.79. The number of nitrogens with one attached hydrogen (secondary N) is 1. The summed E-state index contributed by atoms with van der Waals surface area (Å²) >= 11 is 3.29. The summed E-state index contributed by atoms with van der Waals surface area (Å²) in [6.07, 6.45) is 1.56. The summed E-state index contributed by atoms with van der Waals surface area (Å²) in [6, 6.07) is 7.11. The molecule has 1 rings (SSSR count). The minimum atomic E-state index is -3.18. The van der Waals surface area contributed by atoms with Crippen molar-refractivity contribution in [3.63, 3.8) is 0 Å². The second-order valence-corrected chi connectivity index (χ2v) is 6.04. The molecule has 0 unspecified atom stereocenters. The van der Waals surface area contributed by atoms with Gasteiger partial charge in [0.15, 0.2) is 0 Å². The van der Waals surface area contributed by atoms with Gasteiger partial charge in [-0.25, -0.2) is 8.42 Å². The van der Waals surface area contributed by atoms with E-state index in [0.29, 0.717) is 12.1 Å². The van der Waals surface area contributed by atoms with Crippen molar-refractivity contribution in [1.82, 2.24) is 0 Å². The maximum Gasteiger partial charge on any atom is 0.232 e. The molecule has 0 saturated heterocycles. The predicted octanol–water partition coefficient (Wildman–Crippen LogP) is 2.99. The van der Waals surface area contributed by atoms with Crippen molar-refractivity contribution in [2.45, 2.75) is 19.8 Å². The summed E-state index contributed by atoms with van der Waals surface area (Å²) in [6.45, 7) is 1.97. The Morgan fingerprint density at radius 3 is 2.73 bits per heavy atom. The van der Waals surface area contributed by atoms with Gasteiger partial charge in [-0.3, -0.25) is 4.72 Å². The minimum absolute atomic E-state index is 0.177. The van der Waals surface area contributed by atoms with Crippen molar-refractivity contribution in [2.24, 2.45) is 0 Å². The van der Waals surface area contributed by atoms with E-state index in [1.165, 1.54) is 0 Å². The Hall–Kier alpha value is -0.550. The Morgan fingerprint density at radius 2 is 2.13 bits per heavy atom. The Kier molecular flexibility index (Phi) is 4.60. The lowest BCUT2D eigenvalue weighted by molar-refractivity contribution is 0.598. The summed E-state index contributed by atoms with van der Waals surface area (Å²) in [7, 11) is -3.18. The number of benzene rings is 1. The van der Waals surface area contributed by atoms with Gasteiger partial charge in [-0.15, -0.1) is 0 Å². The Bertz CT molecular complexity index is 417. The lowest BCUT2D eigenvalue weighted by atomic mass is 10.3. The molecule has 0 spiro atoms. The van der Waals surface area contributed by atoms with E-state index >= 15 is 0 Å². The van der Waals surface area contributed by atoms with Gasteiger partial charge in [0, 0.05) is 10.2 Å². The highest BCUT2D eigenvalue weighted by Gasteiger charge is 2.08. The number of halogens is 1. The number of rotatable bonds is 5. The lowest BCUT2D eigenvalue weighted by Crippen LogP contribution is -2.16. The van der Waals surface area contributed by atoms with Crippen LogP contribution in [-0.4, -0.2) is 14.2 Å². The van der Waals surface area contributed by atoms with Gasteiger partial charge in [-0.2, -0.15) is 0 Å². The largest absolute Gasteiger partial charge is 0.284 e. The highest BCUT2D eigenvalue weighted by atomic mass is 79.9. The van der Waals surface area contributed by atoms with Crippen LogP contribution in [0, 0.1) is 0 Å². The maximum atomic E-state index is 11.5. The molecule has 1 aromatic carbocycles. The van der Waals surface area contributed by atoms with E-state index in [-0.39, 0.29) is 5.75 Å². The van der Waals surface area contributed by atoms with Crippen LogP contribution < -0.4 is 4.72 Å². The first-order chi connectivity index (χ1) is 7.03. The quantitative estimate of drug-likeness (QED) is 0.906. The van der Waals surface area contributed by atoms with Crippen LogP contribution in [-0.2, 0) is 10.0 Å². The van der Waals surface area contributed by atoms with E-state index < -0.39 is 10.0 Å². The average Bonchev–Trinajstić information content (AvgIpc) is 2.14. The van der Waals surface area contributed by atoms with E-state index in [1.807, 2.05) is 13.0 Å². The van der Waals surface area contributed by atoms with E-state index in [1.54, 1.807) is 18.2 Å². The highest BCUT2D eigenvalue weighted by molar-refractivity contribution is 9.10. The monoisotopic (exact) mass is 291 g/mol. The van der Waals surface area contributed by atoms with Crippen molar-refractivity contribution < 1.29 is 8.42 Å². The van der Waals surface area contributed by atoms with Crippen LogP contribution in [0.1, 0.15) is 19.8 Å². The second-order valence-electron chi connectivity index (χ2n) is 3.28. The topological polar surface area (TPSA) is 46.2 Å². The number of unbranched alkanes of at least 4 members (excludes halogenated alkanes) is 1. The Labute approximate surface area is 99.1 Å². The molecule has 5 heteroatoms. The van der Waals surface area contributed by atoms with Crippen LogP contribution in [0.2, 0.25) is 0 Å². The molecule has 15 heavy (non-hydrogen) atoms. The highest BCUT2D eigenvalue weighted by Crippen LogP contribution is 2.17. The first-order valence-corrected chi connectivity index (χ1v) is 7.24. The van der Waals surface area contributed by atoms with Crippen LogP contribution >= 0.6 is 15.9 Å². The molecule has 0 aliphatic heterocycles. The van der Waals surface area contributed by atoms with Crippen molar-refractivity contribution in [3.8, 4) is 0 Å². The van der Waals surface area contributed by atoms with Crippen LogP contribution in [0.3, 0.4) is 0 Å². The van der Waals surface area contributed by atoms with Crippen molar-refractivity contribution in [1.29, 1.82) is 0 Å². The summed E-state index contributed by atoms with van der Waals surface area (Å²) in [5.74, 6) is 0.177. The third kappa shape index (κ3) is 4.66. The molecular formula is C10H14BrNO2S. The van der Waals surface area contributed by atoms with Crippen LogP contribution in [0.15, 0.2) is 28.7 Å². The van der Waals surface area contributed by atoms with Crippen molar-refractivity contribution in [2.75, 3.05) is 10.5 Å². The fraction of sp³-hybridized carbons (Fsp3) is 0.400. The zero-order chi connectivity index (χ0) is 11.3. The van der Waals surface area contributed by atoms with Gasteiger partial charge in [0.1, 0.15) is 0 Å². The minimum Gasteiger partial charge on any atom is -0.284 e. The zero-order valence-corrected chi connectivity index (χ0v) is 10.9. The van der Waals surface area contributed by atoms with Gasteiger partial charge >= 0.3 is 0 Å². The van der Waals surface area contributed by atoms with Gasteiger partial charge in [-0.05, 0) is 24.6 Å². The molecule has 1 N–H and O–H groups in total. The molecule has 0 aromatic heterocycles. The molecule has 0 saturated carbocycles. The molecule has 3 nitrogen and oxygen atoms in total.